The SMILES string of the molecule is CC(N)CCN(C)Cc1ncccn1. The molecule has 1 aromatic rings. The van der Waals surface area contributed by atoms with E-state index < -0.39 is 0 Å². The molecule has 0 spiro atoms. The molecule has 1 aromatic heterocycles. The quantitative estimate of drug-likeness (QED) is 0.747. The van der Waals surface area contributed by atoms with E-state index >= 15 is 0 Å². The van der Waals surface area contributed by atoms with Crippen molar-refractivity contribution in [3.05, 3.63) is 24.3 Å². The first kappa shape index (κ1) is 11.1. The lowest BCUT2D eigenvalue weighted by Gasteiger charge is -2.16. The second-order valence-electron chi connectivity index (χ2n) is 3.67. The van der Waals surface area contributed by atoms with E-state index in [1.165, 1.54) is 0 Å². The van der Waals surface area contributed by atoms with Crippen molar-refractivity contribution in [2.24, 2.45) is 5.73 Å². The zero-order valence-corrected chi connectivity index (χ0v) is 8.85. The van der Waals surface area contributed by atoms with Gasteiger partial charge in [-0.25, -0.2) is 9.97 Å². The summed E-state index contributed by atoms with van der Waals surface area (Å²) in [6.45, 7) is 3.79. The van der Waals surface area contributed by atoms with Gasteiger partial charge >= 0.3 is 0 Å². The Hall–Kier alpha value is -1.00. The molecule has 0 fully saturated rings. The third-order valence-corrected chi connectivity index (χ3v) is 2.00. The summed E-state index contributed by atoms with van der Waals surface area (Å²) in [5, 5.41) is 0. The largest absolute Gasteiger partial charge is 0.328 e. The number of nitrogens with zero attached hydrogens (tertiary/aromatic N) is 3. The Bertz CT molecular complexity index is 248. The molecule has 1 heterocycles. The lowest BCUT2D eigenvalue weighted by atomic mass is 10.2. The van der Waals surface area contributed by atoms with Gasteiger partial charge in [0.2, 0.25) is 0 Å². The molecule has 1 atom stereocenters. The van der Waals surface area contributed by atoms with E-state index in [4.69, 9.17) is 5.73 Å². The van der Waals surface area contributed by atoms with Crippen LogP contribution in [0.25, 0.3) is 0 Å². The van der Waals surface area contributed by atoms with Crippen molar-refractivity contribution in [3.8, 4) is 0 Å². The monoisotopic (exact) mass is 194 g/mol. The predicted octanol–water partition coefficient (Wildman–Crippen LogP) is 0.646. The van der Waals surface area contributed by atoms with E-state index in [1.807, 2.05) is 13.0 Å². The molecule has 4 heteroatoms. The van der Waals surface area contributed by atoms with E-state index in [2.05, 4.69) is 21.9 Å². The second-order valence-corrected chi connectivity index (χ2v) is 3.67. The van der Waals surface area contributed by atoms with Crippen molar-refractivity contribution >= 4 is 0 Å². The minimum Gasteiger partial charge on any atom is -0.328 e. The van der Waals surface area contributed by atoms with Gasteiger partial charge in [-0.2, -0.15) is 0 Å². The molecule has 2 N–H and O–H groups in total. The fourth-order valence-corrected chi connectivity index (χ4v) is 1.16. The highest BCUT2D eigenvalue weighted by atomic mass is 15.1. The molecule has 78 valence electrons. The molecular formula is C10H18N4. The summed E-state index contributed by atoms with van der Waals surface area (Å²) >= 11 is 0. The van der Waals surface area contributed by atoms with E-state index in [0.29, 0.717) is 0 Å². The maximum atomic E-state index is 5.68. The van der Waals surface area contributed by atoms with Gasteiger partial charge in [-0.1, -0.05) is 0 Å². The smallest absolute Gasteiger partial charge is 0.142 e. The summed E-state index contributed by atoms with van der Waals surface area (Å²) in [6.07, 6.45) is 4.53. The highest BCUT2D eigenvalue weighted by Gasteiger charge is 2.02. The van der Waals surface area contributed by atoms with Crippen LogP contribution in [-0.4, -0.2) is 34.5 Å². The average molecular weight is 194 g/mol. The normalized spacial score (nSPS) is 13.1. The van der Waals surface area contributed by atoms with E-state index in [-0.39, 0.29) is 6.04 Å². The molecule has 0 amide bonds. The van der Waals surface area contributed by atoms with Crippen LogP contribution in [0.1, 0.15) is 19.2 Å². The fourth-order valence-electron chi connectivity index (χ4n) is 1.16. The zero-order chi connectivity index (χ0) is 10.4. The number of hydrogen-bond donors (Lipinski definition) is 1. The maximum Gasteiger partial charge on any atom is 0.142 e. The standard InChI is InChI=1S/C10H18N4/c1-9(11)4-7-14(2)8-10-12-5-3-6-13-10/h3,5-6,9H,4,7-8,11H2,1-2H3. The van der Waals surface area contributed by atoms with E-state index in [9.17, 15) is 0 Å². The number of rotatable bonds is 5. The topological polar surface area (TPSA) is 55.0 Å². The zero-order valence-electron chi connectivity index (χ0n) is 8.85. The van der Waals surface area contributed by atoms with Crippen molar-refractivity contribution in [2.45, 2.75) is 25.9 Å². The molecule has 4 nitrogen and oxygen atoms in total. The summed E-state index contributed by atoms with van der Waals surface area (Å²) < 4.78 is 0. The minimum atomic E-state index is 0.258. The first-order chi connectivity index (χ1) is 6.68. The summed E-state index contributed by atoms with van der Waals surface area (Å²) in [4.78, 5) is 10.5. The van der Waals surface area contributed by atoms with Crippen LogP contribution in [0.4, 0.5) is 0 Å². The fraction of sp³-hybridized carbons (Fsp3) is 0.600. The lowest BCUT2D eigenvalue weighted by molar-refractivity contribution is 0.306. The van der Waals surface area contributed by atoms with Crippen LogP contribution in [-0.2, 0) is 6.54 Å². The summed E-state index contributed by atoms with van der Waals surface area (Å²) in [6, 6.07) is 2.08. The number of hydrogen-bond acceptors (Lipinski definition) is 4. The van der Waals surface area contributed by atoms with Gasteiger partial charge in [-0.3, -0.25) is 4.90 Å². The first-order valence-corrected chi connectivity index (χ1v) is 4.88. The molecule has 0 aliphatic heterocycles. The van der Waals surface area contributed by atoms with Crippen molar-refractivity contribution < 1.29 is 0 Å². The van der Waals surface area contributed by atoms with Crippen LogP contribution in [0.15, 0.2) is 18.5 Å². The van der Waals surface area contributed by atoms with Gasteiger partial charge in [0.1, 0.15) is 5.82 Å². The Labute approximate surface area is 85.2 Å². The number of nitrogens with two attached hydrogens (primary N) is 1. The Morgan fingerprint density at radius 3 is 2.64 bits per heavy atom. The van der Waals surface area contributed by atoms with Crippen molar-refractivity contribution in [2.75, 3.05) is 13.6 Å². The van der Waals surface area contributed by atoms with Gasteiger partial charge < -0.3 is 5.73 Å². The van der Waals surface area contributed by atoms with Gasteiger partial charge in [-0.05, 0) is 33.0 Å². The molecule has 0 aliphatic carbocycles. The molecule has 1 unspecified atom stereocenters. The van der Waals surface area contributed by atoms with Crippen LogP contribution in [0, 0.1) is 0 Å². The average Bonchev–Trinajstić information content (AvgIpc) is 2.16. The van der Waals surface area contributed by atoms with Gasteiger partial charge in [-0.15, -0.1) is 0 Å². The third kappa shape index (κ3) is 4.30. The van der Waals surface area contributed by atoms with E-state index in [1.54, 1.807) is 12.4 Å². The van der Waals surface area contributed by atoms with Crippen molar-refractivity contribution in [3.63, 3.8) is 0 Å². The Balaban J connectivity index is 2.30. The number of aromatic nitrogens is 2. The molecule has 0 aromatic carbocycles. The van der Waals surface area contributed by atoms with Gasteiger partial charge in [0, 0.05) is 18.4 Å². The van der Waals surface area contributed by atoms with Gasteiger partial charge in [0.05, 0.1) is 6.54 Å². The Kier molecular flexibility index (Phi) is 4.49. The summed E-state index contributed by atoms with van der Waals surface area (Å²) in [5.41, 5.74) is 5.68. The Morgan fingerprint density at radius 1 is 1.43 bits per heavy atom. The highest BCUT2D eigenvalue weighted by molar-refractivity contribution is 4.87. The van der Waals surface area contributed by atoms with Crippen LogP contribution >= 0.6 is 0 Å². The second kappa shape index (κ2) is 5.67. The molecule has 0 aliphatic rings. The van der Waals surface area contributed by atoms with E-state index in [0.717, 1.165) is 25.3 Å². The van der Waals surface area contributed by atoms with Crippen LogP contribution in [0.2, 0.25) is 0 Å². The highest BCUT2D eigenvalue weighted by Crippen LogP contribution is 1.97. The van der Waals surface area contributed by atoms with Crippen LogP contribution < -0.4 is 5.73 Å². The molecule has 0 saturated heterocycles. The molecular weight excluding hydrogens is 176 g/mol. The Morgan fingerprint density at radius 2 is 2.07 bits per heavy atom. The summed E-state index contributed by atoms with van der Waals surface area (Å²) in [7, 11) is 2.05. The van der Waals surface area contributed by atoms with Crippen LogP contribution in [0.5, 0.6) is 0 Å². The molecule has 1 rings (SSSR count). The molecule has 0 radical (unpaired) electrons. The van der Waals surface area contributed by atoms with Crippen LogP contribution in [0.3, 0.4) is 0 Å². The minimum absolute atomic E-state index is 0.258. The summed E-state index contributed by atoms with van der Waals surface area (Å²) in [5.74, 6) is 0.861. The molecule has 14 heavy (non-hydrogen) atoms. The maximum absolute atomic E-state index is 5.68. The molecule has 0 saturated carbocycles. The van der Waals surface area contributed by atoms with Crippen molar-refractivity contribution in [1.82, 2.24) is 14.9 Å². The molecule has 0 bridgehead atoms. The third-order valence-electron chi connectivity index (χ3n) is 2.00. The lowest BCUT2D eigenvalue weighted by Crippen LogP contribution is -2.26. The first-order valence-electron chi connectivity index (χ1n) is 4.88. The predicted molar refractivity (Wildman–Crippen MR) is 56.6 cm³/mol. The van der Waals surface area contributed by atoms with Crippen molar-refractivity contribution in [1.29, 1.82) is 0 Å². The van der Waals surface area contributed by atoms with Gasteiger partial charge in [0.25, 0.3) is 0 Å². The van der Waals surface area contributed by atoms with Gasteiger partial charge in [0.15, 0.2) is 0 Å².